The molecular formula is C23H22N4O4. The molecule has 3 heterocycles. The lowest BCUT2D eigenvalue weighted by Gasteiger charge is -2.16. The number of hydrogen-bond donors (Lipinski definition) is 2. The number of benzene rings is 1. The molecule has 1 unspecified atom stereocenters. The average molecular weight is 418 g/mol. The standard InChI is InChI=1S/C23H22N4O4/c1-14-6-5-9-21-26-17(11-22(29)27(14)21)13-31-23(30)20(25-15(2)28)10-16-12-24-19-8-4-3-7-18(16)19/h3-9,11-12,20,24H,10,13H2,1-2H3,(H,25,28). The van der Waals surface area contributed by atoms with Crippen molar-refractivity contribution in [3.63, 3.8) is 0 Å². The third kappa shape index (κ3) is 4.32. The number of carbonyl (C=O) groups excluding carboxylic acids is 2. The predicted octanol–water partition coefficient (Wildman–Crippen LogP) is 2.27. The number of nitrogens with one attached hydrogen (secondary N) is 2. The van der Waals surface area contributed by atoms with Gasteiger partial charge in [-0.15, -0.1) is 0 Å². The first-order valence-corrected chi connectivity index (χ1v) is 9.89. The van der Waals surface area contributed by atoms with Gasteiger partial charge in [-0.3, -0.25) is 14.0 Å². The Labute approximate surface area is 177 Å². The molecule has 8 heteroatoms. The van der Waals surface area contributed by atoms with Crippen LogP contribution in [0.3, 0.4) is 0 Å². The Morgan fingerprint density at radius 3 is 2.81 bits per heavy atom. The highest BCUT2D eigenvalue weighted by Crippen LogP contribution is 2.19. The van der Waals surface area contributed by atoms with Gasteiger partial charge in [0, 0.05) is 42.2 Å². The summed E-state index contributed by atoms with van der Waals surface area (Å²) in [4.78, 5) is 44.4. The number of aromatic nitrogens is 3. The molecule has 0 aliphatic rings. The fraction of sp³-hybridized carbons (Fsp3) is 0.217. The molecule has 1 aromatic carbocycles. The molecule has 4 aromatic rings. The van der Waals surface area contributed by atoms with E-state index in [1.165, 1.54) is 17.4 Å². The molecular weight excluding hydrogens is 396 g/mol. The van der Waals surface area contributed by atoms with E-state index < -0.39 is 12.0 Å². The summed E-state index contributed by atoms with van der Waals surface area (Å²) in [6.45, 7) is 3.00. The van der Waals surface area contributed by atoms with E-state index in [0.29, 0.717) is 11.3 Å². The molecule has 0 aliphatic heterocycles. The molecule has 0 bridgehead atoms. The van der Waals surface area contributed by atoms with Gasteiger partial charge in [0.15, 0.2) is 0 Å². The SMILES string of the molecule is CC(=O)NC(Cc1c[nH]c2ccccc12)C(=O)OCc1cc(=O)n2c(C)cccc2n1. The molecule has 0 saturated heterocycles. The molecule has 31 heavy (non-hydrogen) atoms. The summed E-state index contributed by atoms with van der Waals surface area (Å²) >= 11 is 0. The van der Waals surface area contributed by atoms with Gasteiger partial charge in [-0.05, 0) is 30.7 Å². The highest BCUT2D eigenvalue weighted by Gasteiger charge is 2.23. The molecule has 1 atom stereocenters. The van der Waals surface area contributed by atoms with E-state index in [9.17, 15) is 14.4 Å². The van der Waals surface area contributed by atoms with Crippen molar-refractivity contribution in [2.45, 2.75) is 32.9 Å². The van der Waals surface area contributed by atoms with Crippen LogP contribution in [0.2, 0.25) is 0 Å². The van der Waals surface area contributed by atoms with Crippen molar-refractivity contribution in [1.29, 1.82) is 0 Å². The highest BCUT2D eigenvalue weighted by molar-refractivity contribution is 5.86. The number of H-pyrrole nitrogens is 1. The van der Waals surface area contributed by atoms with Crippen LogP contribution in [0.4, 0.5) is 0 Å². The Balaban J connectivity index is 1.52. The molecule has 3 aromatic heterocycles. The Kier molecular flexibility index (Phi) is 5.53. The van der Waals surface area contributed by atoms with Crippen LogP contribution in [-0.4, -0.2) is 32.3 Å². The Hall–Kier alpha value is -3.94. The van der Waals surface area contributed by atoms with E-state index in [1.807, 2.05) is 43.5 Å². The Bertz CT molecular complexity index is 1340. The number of nitrogens with zero attached hydrogens (tertiary/aromatic N) is 2. The minimum atomic E-state index is -0.861. The lowest BCUT2D eigenvalue weighted by molar-refractivity contribution is -0.149. The molecule has 0 radical (unpaired) electrons. The summed E-state index contributed by atoms with van der Waals surface area (Å²) in [5.41, 5.74) is 3.19. The van der Waals surface area contributed by atoms with Gasteiger partial charge in [-0.25, -0.2) is 9.78 Å². The van der Waals surface area contributed by atoms with Crippen LogP contribution in [0.1, 0.15) is 23.9 Å². The van der Waals surface area contributed by atoms with Gasteiger partial charge in [0.05, 0.1) is 5.69 Å². The number of carbonyl (C=O) groups is 2. The van der Waals surface area contributed by atoms with Crippen molar-refractivity contribution < 1.29 is 14.3 Å². The normalized spacial score (nSPS) is 12.1. The Morgan fingerprint density at radius 2 is 2.00 bits per heavy atom. The van der Waals surface area contributed by atoms with E-state index >= 15 is 0 Å². The number of aromatic amines is 1. The second-order valence-corrected chi connectivity index (χ2v) is 7.37. The number of ether oxygens (including phenoxy) is 1. The Morgan fingerprint density at radius 1 is 1.19 bits per heavy atom. The molecule has 8 nitrogen and oxygen atoms in total. The summed E-state index contributed by atoms with van der Waals surface area (Å²) in [5, 5.41) is 3.63. The van der Waals surface area contributed by atoms with Crippen LogP contribution < -0.4 is 10.9 Å². The van der Waals surface area contributed by atoms with Crippen molar-refractivity contribution >= 4 is 28.4 Å². The molecule has 158 valence electrons. The second-order valence-electron chi connectivity index (χ2n) is 7.37. The number of pyridine rings is 1. The zero-order valence-corrected chi connectivity index (χ0v) is 17.2. The lowest BCUT2D eigenvalue weighted by Crippen LogP contribution is -2.42. The summed E-state index contributed by atoms with van der Waals surface area (Å²) in [5.74, 6) is -0.925. The van der Waals surface area contributed by atoms with Gasteiger partial charge < -0.3 is 15.0 Å². The minimum Gasteiger partial charge on any atom is -0.458 e. The number of para-hydroxylation sites is 1. The van der Waals surface area contributed by atoms with Crippen LogP contribution >= 0.6 is 0 Å². The second kappa shape index (κ2) is 8.43. The fourth-order valence-corrected chi connectivity index (χ4v) is 3.64. The summed E-state index contributed by atoms with van der Waals surface area (Å²) in [6.07, 6.45) is 2.09. The van der Waals surface area contributed by atoms with Crippen LogP contribution in [-0.2, 0) is 27.4 Å². The van der Waals surface area contributed by atoms with Crippen molar-refractivity contribution in [3.8, 4) is 0 Å². The number of esters is 1. The quantitative estimate of drug-likeness (QED) is 0.468. The van der Waals surface area contributed by atoms with E-state index in [0.717, 1.165) is 22.2 Å². The van der Waals surface area contributed by atoms with Crippen LogP contribution in [0.25, 0.3) is 16.6 Å². The number of fused-ring (bicyclic) bond motifs is 2. The van der Waals surface area contributed by atoms with E-state index in [1.54, 1.807) is 12.1 Å². The zero-order chi connectivity index (χ0) is 22.0. The van der Waals surface area contributed by atoms with Crippen LogP contribution in [0, 0.1) is 6.92 Å². The molecule has 0 aliphatic carbocycles. The first kappa shape index (κ1) is 20.3. The van der Waals surface area contributed by atoms with Crippen molar-refractivity contribution in [3.05, 3.63) is 82.0 Å². The number of hydrogen-bond acceptors (Lipinski definition) is 5. The maximum Gasteiger partial charge on any atom is 0.329 e. The molecule has 4 rings (SSSR count). The van der Waals surface area contributed by atoms with Gasteiger partial charge in [0.2, 0.25) is 5.91 Å². The van der Waals surface area contributed by atoms with Crippen molar-refractivity contribution in [2.75, 3.05) is 0 Å². The van der Waals surface area contributed by atoms with Crippen LogP contribution in [0.5, 0.6) is 0 Å². The predicted molar refractivity (Wildman–Crippen MR) is 116 cm³/mol. The maximum atomic E-state index is 12.8. The largest absolute Gasteiger partial charge is 0.458 e. The molecule has 0 spiro atoms. The van der Waals surface area contributed by atoms with Gasteiger partial charge in [0.25, 0.3) is 5.56 Å². The van der Waals surface area contributed by atoms with Gasteiger partial charge in [-0.2, -0.15) is 0 Å². The maximum absolute atomic E-state index is 12.8. The summed E-state index contributed by atoms with van der Waals surface area (Å²) in [6, 6.07) is 13.6. The van der Waals surface area contributed by atoms with Crippen molar-refractivity contribution in [1.82, 2.24) is 19.7 Å². The fourth-order valence-electron chi connectivity index (χ4n) is 3.64. The first-order chi connectivity index (χ1) is 14.9. The number of amides is 1. The van der Waals surface area contributed by atoms with E-state index in [4.69, 9.17) is 4.74 Å². The highest BCUT2D eigenvalue weighted by atomic mass is 16.5. The zero-order valence-electron chi connectivity index (χ0n) is 17.2. The average Bonchev–Trinajstić information content (AvgIpc) is 3.14. The number of rotatable bonds is 6. The molecule has 1 amide bonds. The van der Waals surface area contributed by atoms with Gasteiger partial charge in [-0.1, -0.05) is 24.3 Å². The monoisotopic (exact) mass is 418 g/mol. The van der Waals surface area contributed by atoms with E-state index in [-0.39, 0.29) is 24.5 Å². The smallest absolute Gasteiger partial charge is 0.329 e. The lowest BCUT2D eigenvalue weighted by atomic mass is 10.0. The van der Waals surface area contributed by atoms with Crippen LogP contribution in [0.15, 0.2) is 59.5 Å². The van der Waals surface area contributed by atoms with Crippen molar-refractivity contribution in [2.24, 2.45) is 0 Å². The summed E-state index contributed by atoms with van der Waals surface area (Å²) in [7, 11) is 0. The van der Waals surface area contributed by atoms with Gasteiger partial charge in [0.1, 0.15) is 18.3 Å². The first-order valence-electron chi connectivity index (χ1n) is 9.89. The summed E-state index contributed by atoms with van der Waals surface area (Å²) < 4.78 is 6.90. The third-order valence-corrected chi connectivity index (χ3v) is 5.06. The van der Waals surface area contributed by atoms with E-state index in [2.05, 4.69) is 15.3 Å². The van der Waals surface area contributed by atoms with Gasteiger partial charge >= 0.3 is 5.97 Å². The minimum absolute atomic E-state index is 0.164. The number of aryl methyl sites for hydroxylation is 1. The molecule has 0 saturated carbocycles. The molecule has 2 N–H and O–H groups in total. The topological polar surface area (TPSA) is 106 Å². The third-order valence-electron chi connectivity index (χ3n) is 5.06. The molecule has 0 fully saturated rings.